The molecule has 0 aromatic carbocycles. The molecule has 2 atom stereocenters. The third-order valence-corrected chi connectivity index (χ3v) is 8.58. The van der Waals surface area contributed by atoms with Crippen LogP contribution in [0.15, 0.2) is 0 Å². The van der Waals surface area contributed by atoms with Crippen LogP contribution in [-0.4, -0.2) is 34.0 Å². The minimum atomic E-state index is -1.50. The van der Waals surface area contributed by atoms with Crippen LogP contribution in [0.4, 0.5) is 0 Å². The van der Waals surface area contributed by atoms with Gasteiger partial charge in [-0.1, -0.05) is 39.3 Å². The summed E-state index contributed by atoms with van der Waals surface area (Å²) in [6, 6.07) is 0. The first-order valence-electron chi connectivity index (χ1n) is 5.42. The zero-order valence-corrected chi connectivity index (χ0v) is 13.9. The van der Waals surface area contributed by atoms with Crippen molar-refractivity contribution in [2.24, 2.45) is 0 Å². The maximum Gasteiger partial charge on any atom is 0.187 e. The average molecular weight is 264 g/mol. The van der Waals surface area contributed by atoms with E-state index in [1.54, 1.807) is 0 Å². The number of rotatable bonds is 5. The zero-order chi connectivity index (χ0) is 12.4. The van der Waals surface area contributed by atoms with E-state index in [1.165, 1.54) is 0 Å². The highest BCUT2D eigenvalue weighted by Crippen LogP contribution is 2.32. The molecular formula is C10H25NOSSi2. The minimum absolute atomic E-state index is 0.0657. The number of hydrogen-bond acceptors (Lipinski definition) is 2. The van der Waals surface area contributed by atoms with Crippen LogP contribution < -0.4 is 5.32 Å². The van der Waals surface area contributed by atoms with Gasteiger partial charge in [0.1, 0.15) is 0 Å². The SMILES string of the molecule is CNC(C(C(=O)S)[Si](C)(C)C)[Si](C)(C)C. The van der Waals surface area contributed by atoms with E-state index in [1.807, 2.05) is 7.05 Å². The summed E-state index contributed by atoms with van der Waals surface area (Å²) in [5.41, 5.74) is 0.465. The molecule has 0 aromatic rings. The van der Waals surface area contributed by atoms with Crippen LogP contribution in [0.2, 0.25) is 44.8 Å². The van der Waals surface area contributed by atoms with Crippen molar-refractivity contribution in [2.75, 3.05) is 7.05 Å². The maximum absolute atomic E-state index is 11.7. The van der Waals surface area contributed by atoms with Crippen LogP contribution in [0.3, 0.4) is 0 Å². The highest BCUT2D eigenvalue weighted by atomic mass is 32.1. The highest BCUT2D eigenvalue weighted by Gasteiger charge is 2.42. The van der Waals surface area contributed by atoms with E-state index in [-0.39, 0.29) is 10.7 Å². The Morgan fingerprint density at radius 3 is 1.53 bits per heavy atom. The van der Waals surface area contributed by atoms with Gasteiger partial charge in [-0.2, -0.15) is 0 Å². The average Bonchev–Trinajstić information content (AvgIpc) is 1.93. The molecule has 0 bridgehead atoms. The lowest BCUT2D eigenvalue weighted by Gasteiger charge is -2.40. The third-order valence-electron chi connectivity index (χ3n) is 2.78. The molecule has 0 rings (SSSR count). The fraction of sp³-hybridized carbons (Fsp3) is 0.900. The number of nitrogens with one attached hydrogen (secondary N) is 1. The predicted molar refractivity (Wildman–Crippen MR) is 77.3 cm³/mol. The first kappa shape index (κ1) is 15.4. The fourth-order valence-electron chi connectivity index (χ4n) is 2.11. The van der Waals surface area contributed by atoms with Crippen molar-refractivity contribution < 1.29 is 4.79 Å². The molecule has 0 aliphatic rings. The molecule has 0 aromatic heterocycles. The van der Waals surface area contributed by atoms with Crippen molar-refractivity contribution >= 4 is 33.9 Å². The molecule has 2 nitrogen and oxygen atoms in total. The van der Waals surface area contributed by atoms with Gasteiger partial charge >= 0.3 is 0 Å². The monoisotopic (exact) mass is 263 g/mol. The Morgan fingerprint density at radius 2 is 1.47 bits per heavy atom. The van der Waals surface area contributed by atoms with Gasteiger partial charge in [0.15, 0.2) is 5.12 Å². The molecule has 2 unspecified atom stereocenters. The van der Waals surface area contributed by atoms with E-state index in [0.717, 1.165) is 0 Å². The fourth-order valence-corrected chi connectivity index (χ4v) is 10.5. The number of carbonyl (C=O) groups is 1. The molecule has 90 valence electrons. The molecule has 15 heavy (non-hydrogen) atoms. The molecule has 0 heterocycles. The Hall–Kier alpha value is 0.414. The lowest BCUT2D eigenvalue weighted by molar-refractivity contribution is -0.111. The van der Waals surface area contributed by atoms with Crippen molar-refractivity contribution in [1.82, 2.24) is 5.32 Å². The second-order valence-electron chi connectivity index (χ2n) is 6.31. The van der Waals surface area contributed by atoms with Crippen molar-refractivity contribution in [1.29, 1.82) is 0 Å². The van der Waals surface area contributed by atoms with Crippen LogP contribution in [0, 0.1) is 0 Å². The van der Waals surface area contributed by atoms with Crippen molar-refractivity contribution in [3.05, 3.63) is 0 Å². The Kier molecular flexibility index (Phi) is 5.30. The zero-order valence-electron chi connectivity index (χ0n) is 11.0. The quantitative estimate of drug-likeness (QED) is 0.590. The predicted octanol–water partition coefficient (Wildman–Crippen LogP) is 2.62. The topological polar surface area (TPSA) is 29.1 Å². The van der Waals surface area contributed by atoms with Crippen LogP contribution in [-0.2, 0) is 4.79 Å². The summed E-state index contributed by atoms with van der Waals surface area (Å²) in [5.74, 6) is 0. The molecular weight excluding hydrogens is 238 g/mol. The van der Waals surface area contributed by atoms with Gasteiger partial charge in [0.25, 0.3) is 0 Å². The summed E-state index contributed by atoms with van der Waals surface area (Å²) in [7, 11) is -0.901. The first-order chi connectivity index (χ1) is 6.51. The molecule has 0 saturated carbocycles. The minimum Gasteiger partial charge on any atom is -0.319 e. The maximum atomic E-state index is 11.7. The Balaban J connectivity index is 5.15. The molecule has 5 heteroatoms. The van der Waals surface area contributed by atoms with E-state index >= 15 is 0 Å². The molecule has 0 aliphatic carbocycles. The number of hydrogen-bond donors (Lipinski definition) is 2. The van der Waals surface area contributed by atoms with Crippen LogP contribution in [0.5, 0.6) is 0 Å². The van der Waals surface area contributed by atoms with Crippen molar-refractivity contribution in [2.45, 2.75) is 50.5 Å². The second-order valence-corrected chi connectivity index (χ2v) is 17.5. The van der Waals surface area contributed by atoms with E-state index in [2.05, 4.69) is 57.2 Å². The molecule has 0 amide bonds. The van der Waals surface area contributed by atoms with Gasteiger partial charge in [0.2, 0.25) is 0 Å². The molecule has 0 radical (unpaired) electrons. The standard InChI is InChI=1S/C10H25NOSSi2/c1-11-9(15(5,6)7)8(10(12)13)14(2,3)4/h8-9,11H,1-7H3,(H,12,13). The molecule has 0 fully saturated rings. The van der Waals surface area contributed by atoms with E-state index < -0.39 is 16.1 Å². The Bertz CT molecular complexity index is 233. The lowest BCUT2D eigenvalue weighted by Crippen LogP contribution is -2.57. The summed E-state index contributed by atoms with van der Waals surface area (Å²) >= 11 is 4.09. The summed E-state index contributed by atoms with van der Waals surface area (Å²) in [5, 5.41) is 3.42. The molecule has 0 spiro atoms. The summed E-state index contributed by atoms with van der Waals surface area (Å²) in [6.45, 7) is 13.6. The molecule has 0 saturated heterocycles. The van der Waals surface area contributed by atoms with Gasteiger partial charge in [-0.25, -0.2) is 0 Å². The lowest BCUT2D eigenvalue weighted by atomic mass is 10.4. The van der Waals surface area contributed by atoms with Crippen LogP contribution >= 0.6 is 12.6 Å². The van der Waals surface area contributed by atoms with Gasteiger partial charge in [0, 0.05) is 11.2 Å². The van der Waals surface area contributed by atoms with Crippen molar-refractivity contribution in [3.63, 3.8) is 0 Å². The highest BCUT2D eigenvalue weighted by molar-refractivity contribution is 7.97. The van der Waals surface area contributed by atoms with E-state index in [4.69, 9.17) is 0 Å². The normalized spacial score (nSPS) is 17.3. The first-order valence-corrected chi connectivity index (χ1v) is 13.0. The van der Waals surface area contributed by atoms with Crippen LogP contribution in [0.1, 0.15) is 0 Å². The molecule has 1 N–H and O–H groups in total. The molecule has 0 aliphatic heterocycles. The van der Waals surface area contributed by atoms with Crippen LogP contribution in [0.25, 0.3) is 0 Å². The third kappa shape index (κ3) is 4.42. The van der Waals surface area contributed by atoms with Gasteiger partial charge in [0.05, 0.1) is 16.1 Å². The van der Waals surface area contributed by atoms with Crippen molar-refractivity contribution in [3.8, 4) is 0 Å². The summed E-state index contributed by atoms with van der Waals surface area (Å²) < 4.78 is 0. The van der Waals surface area contributed by atoms with Gasteiger partial charge in [-0.3, -0.25) is 4.79 Å². The van der Waals surface area contributed by atoms with Gasteiger partial charge in [-0.05, 0) is 7.05 Å². The number of thiol groups is 1. The summed E-state index contributed by atoms with van der Waals surface area (Å²) in [6.07, 6.45) is 0. The van der Waals surface area contributed by atoms with E-state index in [9.17, 15) is 4.79 Å². The summed E-state index contributed by atoms with van der Waals surface area (Å²) in [4.78, 5) is 11.7. The second kappa shape index (κ2) is 5.16. The number of carbonyl (C=O) groups excluding carboxylic acids is 1. The van der Waals surface area contributed by atoms with Gasteiger partial charge in [-0.15, -0.1) is 12.6 Å². The van der Waals surface area contributed by atoms with Gasteiger partial charge < -0.3 is 5.32 Å². The van der Waals surface area contributed by atoms with E-state index in [0.29, 0.717) is 5.67 Å². The Morgan fingerprint density at radius 1 is 1.07 bits per heavy atom. The Labute approximate surface area is 102 Å². The largest absolute Gasteiger partial charge is 0.319 e. The smallest absolute Gasteiger partial charge is 0.187 e.